The second-order valence-corrected chi connectivity index (χ2v) is 11.5. The number of fused-ring (bicyclic) bond motifs is 5. The van der Waals surface area contributed by atoms with E-state index in [4.69, 9.17) is 19.9 Å². The van der Waals surface area contributed by atoms with E-state index in [-0.39, 0.29) is 0 Å². The molecular weight excluding hydrogens is 560 g/mol. The Hall–Kier alpha value is -6.26. The van der Waals surface area contributed by atoms with Gasteiger partial charge in [0.2, 0.25) is 0 Å². The molecule has 4 nitrogen and oxygen atoms in total. The molecule has 3 aromatic heterocycles. The summed E-state index contributed by atoms with van der Waals surface area (Å²) in [5, 5.41) is 4.47. The smallest absolute Gasteiger partial charge is 0.0979 e. The molecule has 6 aromatic carbocycles. The van der Waals surface area contributed by atoms with Gasteiger partial charge in [0.25, 0.3) is 0 Å². The average Bonchev–Trinajstić information content (AvgIpc) is 3.14. The van der Waals surface area contributed by atoms with Gasteiger partial charge in [-0.1, -0.05) is 127 Å². The second-order valence-electron chi connectivity index (χ2n) is 11.5. The van der Waals surface area contributed by atoms with Crippen LogP contribution in [0.3, 0.4) is 0 Å². The predicted octanol–water partition coefficient (Wildman–Crippen LogP) is 10.5. The van der Waals surface area contributed by atoms with E-state index in [0.717, 1.165) is 77.9 Å². The van der Waals surface area contributed by atoms with Crippen molar-refractivity contribution in [2.75, 3.05) is 0 Å². The lowest BCUT2D eigenvalue weighted by Crippen LogP contribution is -1.98. The van der Waals surface area contributed by atoms with Crippen LogP contribution in [0.15, 0.2) is 158 Å². The van der Waals surface area contributed by atoms with Gasteiger partial charge in [-0.2, -0.15) is 0 Å². The molecule has 0 saturated carbocycles. The fourth-order valence-corrected chi connectivity index (χ4v) is 6.33. The summed E-state index contributed by atoms with van der Waals surface area (Å²) in [6.45, 7) is 0. The lowest BCUT2D eigenvalue weighted by Gasteiger charge is -2.15. The van der Waals surface area contributed by atoms with E-state index < -0.39 is 0 Å². The number of para-hydroxylation sites is 2. The third kappa shape index (κ3) is 4.47. The Labute approximate surface area is 265 Å². The highest BCUT2D eigenvalue weighted by molar-refractivity contribution is 6.04. The first-order valence-corrected chi connectivity index (χ1v) is 15.4. The molecule has 0 radical (unpaired) electrons. The number of nitrogens with zero attached hydrogens (tertiary/aromatic N) is 4. The van der Waals surface area contributed by atoms with E-state index in [1.54, 1.807) is 0 Å². The van der Waals surface area contributed by atoms with Crippen LogP contribution in [0.5, 0.6) is 0 Å². The summed E-state index contributed by atoms with van der Waals surface area (Å²) >= 11 is 0. The van der Waals surface area contributed by atoms with Crippen molar-refractivity contribution in [3.8, 4) is 45.0 Å². The first-order valence-electron chi connectivity index (χ1n) is 15.4. The fraction of sp³-hybridized carbons (Fsp3) is 0. The van der Waals surface area contributed by atoms with Gasteiger partial charge in [0.1, 0.15) is 0 Å². The maximum atomic E-state index is 5.29. The molecule has 0 aliphatic rings. The maximum absolute atomic E-state index is 5.29. The largest absolute Gasteiger partial charge is 0.245 e. The van der Waals surface area contributed by atoms with Gasteiger partial charge in [-0.05, 0) is 41.1 Å². The van der Waals surface area contributed by atoms with E-state index >= 15 is 0 Å². The van der Waals surface area contributed by atoms with Crippen LogP contribution in [0, 0.1) is 0 Å². The van der Waals surface area contributed by atoms with Gasteiger partial charge in [-0.3, -0.25) is 0 Å². The second kappa shape index (κ2) is 10.7. The first-order chi connectivity index (χ1) is 22.8. The molecule has 9 aromatic rings. The van der Waals surface area contributed by atoms with Gasteiger partial charge in [0.15, 0.2) is 0 Å². The molecule has 4 heteroatoms. The summed E-state index contributed by atoms with van der Waals surface area (Å²) in [5.74, 6) is 0. The van der Waals surface area contributed by atoms with E-state index in [1.807, 2.05) is 42.5 Å². The number of pyridine rings is 2. The molecule has 0 spiro atoms. The molecule has 214 valence electrons. The van der Waals surface area contributed by atoms with Crippen molar-refractivity contribution in [1.29, 1.82) is 0 Å². The third-order valence-electron chi connectivity index (χ3n) is 8.64. The number of rotatable bonds is 4. The molecule has 0 amide bonds. The highest BCUT2D eigenvalue weighted by Crippen LogP contribution is 2.38. The van der Waals surface area contributed by atoms with Gasteiger partial charge in [-0.15, -0.1) is 0 Å². The maximum Gasteiger partial charge on any atom is 0.0979 e. The Balaban J connectivity index is 1.26. The van der Waals surface area contributed by atoms with Crippen molar-refractivity contribution >= 4 is 43.6 Å². The van der Waals surface area contributed by atoms with Crippen molar-refractivity contribution in [3.63, 3.8) is 0 Å². The van der Waals surface area contributed by atoms with Crippen LogP contribution in [0.25, 0.3) is 88.6 Å². The number of aromatic nitrogens is 4. The number of hydrogen-bond donors (Lipinski definition) is 0. The lowest BCUT2D eigenvalue weighted by atomic mass is 9.95. The minimum atomic E-state index is 0.828. The predicted molar refractivity (Wildman–Crippen MR) is 189 cm³/mol. The van der Waals surface area contributed by atoms with Crippen LogP contribution in [-0.4, -0.2) is 19.9 Å². The first kappa shape index (κ1) is 26.2. The Morgan fingerprint density at radius 1 is 0.304 bits per heavy atom. The van der Waals surface area contributed by atoms with Crippen LogP contribution in [0.2, 0.25) is 0 Å². The Bertz CT molecular complexity index is 2590. The lowest BCUT2D eigenvalue weighted by molar-refractivity contribution is 1.29. The molecule has 0 saturated heterocycles. The average molecular weight is 587 g/mol. The molecule has 46 heavy (non-hydrogen) atoms. The van der Waals surface area contributed by atoms with E-state index in [0.29, 0.717) is 0 Å². The Morgan fingerprint density at radius 3 is 1.61 bits per heavy atom. The molecule has 0 aliphatic heterocycles. The van der Waals surface area contributed by atoms with E-state index in [1.165, 1.54) is 10.8 Å². The Morgan fingerprint density at radius 2 is 0.848 bits per heavy atom. The minimum Gasteiger partial charge on any atom is -0.245 e. The third-order valence-corrected chi connectivity index (χ3v) is 8.64. The van der Waals surface area contributed by atoms with E-state index in [2.05, 4.69) is 115 Å². The number of hydrogen-bond acceptors (Lipinski definition) is 4. The summed E-state index contributed by atoms with van der Waals surface area (Å²) in [4.78, 5) is 20.8. The summed E-state index contributed by atoms with van der Waals surface area (Å²) in [6.07, 6.45) is 0. The summed E-state index contributed by atoms with van der Waals surface area (Å²) in [6, 6.07) is 54.3. The van der Waals surface area contributed by atoms with Gasteiger partial charge in [-0.25, -0.2) is 19.9 Å². The van der Waals surface area contributed by atoms with Gasteiger partial charge >= 0.3 is 0 Å². The summed E-state index contributed by atoms with van der Waals surface area (Å²) in [7, 11) is 0. The van der Waals surface area contributed by atoms with Crippen LogP contribution in [-0.2, 0) is 0 Å². The standard InChI is InChI=1S/C42H26N4/c1-2-11-28(12-3-1)35-24-22-29-19-20-30-23-25-36(44-40(30)39(29)43-35)33-14-6-7-15-34(33)42-41(45-37-16-8-9-17-38(37)46-42)32-21-18-27-10-4-5-13-31(27)26-32/h1-26H. The van der Waals surface area contributed by atoms with E-state index in [9.17, 15) is 0 Å². The summed E-state index contributed by atoms with van der Waals surface area (Å²) < 4.78 is 0. The van der Waals surface area contributed by atoms with Crippen molar-refractivity contribution in [1.82, 2.24) is 19.9 Å². The monoisotopic (exact) mass is 586 g/mol. The normalized spacial score (nSPS) is 11.5. The summed E-state index contributed by atoms with van der Waals surface area (Å²) in [5.41, 5.74) is 11.0. The minimum absolute atomic E-state index is 0.828. The SMILES string of the molecule is c1ccc(-c2ccc3ccc4ccc(-c5ccccc5-c5nc6ccccc6nc5-c5ccc6ccccc6c5)nc4c3n2)cc1. The van der Waals surface area contributed by atoms with Crippen LogP contribution < -0.4 is 0 Å². The van der Waals surface area contributed by atoms with Gasteiger partial charge in [0.05, 0.1) is 44.8 Å². The zero-order valence-corrected chi connectivity index (χ0v) is 24.8. The molecule has 0 unspecified atom stereocenters. The zero-order chi connectivity index (χ0) is 30.5. The van der Waals surface area contributed by atoms with Gasteiger partial charge in [0, 0.05) is 33.0 Å². The molecular formula is C42H26N4. The molecule has 0 aliphatic carbocycles. The highest BCUT2D eigenvalue weighted by Gasteiger charge is 2.18. The quantitative estimate of drug-likeness (QED) is 0.193. The molecule has 0 atom stereocenters. The van der Waals surface area contributed by atoms with Gasteiger partial charge < -0.3 is 0 Å². The topological polar surface area (TPSA) is 51.6 Å². The molecule has 3 heterocycles. The molecule has 0 fully saturated rings. The zero-order valence-electron chi connectivity index (χ0n) is 24.8. The van der Waals surface area contributed by atoms with Crippen molar-refractivity contribution in [3.05, 3.63) is 158 Å². The number of benzene rings is 6. The molecule has 0 N–H and O–H groups in total. The van der Waals surface area contributed by atoms with Crippen molar-refractivity contribution in [2.45, 2.75) is 0 Å². The Kier molecular flexibility index (Phi) is 6.10. The fourth-order valence-electron chi connectivity index (χ4n) is 6.33. The molecule has 9 rings (SSSR count). The van der Waals surface area contributed by atoms with Crippen molar-refractivity contribution in [2.24, 2.45) is 0 Å². The van der Waals surface area contributed by atoms with Crippen LogP contribution in [0.1, 0.15) is 0 Å². The van der Waals surface area contributed by atoms with Crippen LogP contribution in [0.4, 0.5) is 0 Å². The van der Waals surface area contributed by atoms with Crippen LogP contribution >= 0.6 is 0 Å². The molecule has 0 bridgehead atoms. The van der Waals surface area contributed by atoms with Crippen molar-refractivity contribution < 1.29 is 0 Å². The highest BCUT2D eigenvalue weighted by atomic mass is 14.8.